The Morgan fingerprint density at radius 2 is 1.44 bits per heavy atom. The number of halogens is 3. The zero-order chi connectivity index (χ0) is 28.5. The number of amides is 1. The summed E-state index contributed by atoms with van der Waals surface area (Å²) < 4.78 is 38.3. The number of rotatable bonds is 18. The molecule has 0 atom stereocenters. The Kier molecular flexibility index (Phi) is 14.2. The molecule has 1 aromatic carbocycles. The van der Waals surface area contributed by atoms with E-state index in [4.69, 9.17) is 4.84 Å². The minimum Gasteiger partial charge on any atom is -0.361 e. The highest BCUT2D eigenvalue weighted by molar-refractivity contribution is 6.20. The van der Waals surface area contributed by atoms with Gasteiger partial charge in [-0.05, 0) is 35.7 Å². The second-order valence-corrected chi connectivity index (χ2v) is 9.51. The Morgan fingerprint density at radius 3 is 1.97 bits per heavy atom. The molecule has 0 aliphatic carbocycles. The van der Waals surface area contributed by atoms with E-state index in [0.717, 1.165) is 30.2 Å². The zero-order valence-electron chi connectivity index (χ0n) is 22.5. The third-order valence-corrected chi connectivity index (χ3v) is 6.18. The first-order valence-corrected chi connectivity index (χ1v) is 13.5. The number of alkyl halides is 3. The predicted molar refractivity (Wildman–Crippen MR) is 141 cm³/mol. The standard InChI is InChI=1S/C29H38F3N3O4/c1-2-3-4-5-6-7-8-9-10-11-18-33-28(38)25-15-12-23(13-16-25)20-35(39-27(37)22-36)21-24-14-17-26(34-19-24)29(30,31)32/h12-17,19,22H,2-11,18,20-21H2,1H3,(H,33,38). The van der Waals surface area contributed by atoms with Gasteiger partial charge < -0.3 is 10.2 Å². The molecule has 1 amide bonds. The van der Waals surface area contributed by atoms with Crippen LogP contribution >= 0.6 is 0 Å². The molecule has 0 bridgehead atoms. The summed E-state index contributed by atoms with van der Waals surface area (Å²) >= 11 is 0. The maximum atomic E-state index is 12.8. The number of nitrogens with one attached hydrogen (secondary N) is 1. The molecule has 0 saturated carbocycles. The van der Waals surface area contributed by atoms with Gasteiger partial charge in [-0.1, -0.05) is 82.9 Å². The van der Waals surface area contributed by atoms with Gasteiger partial charge in [-0.15, -0.1) is 5.06 Å². The van der Waals surface area contributed by atoms with Crippen LogP contribution in [0.5, 0.6) is 0 Å². The van der Waals surface area contributed by atoms with E-state index in [9.17, 15) is 27.6 Å². The number of nitrogens with zero attached hydrogens (tertiary/aromatic N) is 2. The Labute approximate surface area is 228 Å². The first-order valence-electron chi connectivity index (χ1n) is 13.5. The lowest BCUT2D eigenvalue weighted by molar-refractivity contribution is -0.195. The highest BCUT2D eigenvalue weighted by Gasteiger charge is 2.32. The average Bonchev–Trinajstić information content (AvgIpc) is 2.91. The minimum atomic E-state index is -4.57. The Hall–Kier alpha value is -3.27. The molecule has 0 unspecified atom stereocenters. The number of hydrogen-bond acceptors (Lipinski definition) is 6. The topological polar surface area (TPSA) is 88.6 Å². The lowest BCUT2D eigenvalue weighted by atomic mass is 10.1. The van der Waals surface area contributed by atoms with Crippen LogP contribution in [0, 0.1) is 0 Å². The summed E-state index contributed by atoms with van der Waals surface area (Å²) in [6, 6.07) is 8.70. The van der Waals surface area contributed by atoms with Crippen molar-refractivity contribution in [3.05, 3.63) is 65.0 Å². The summed E-state index contributed by atoms with van der Waals surface area (Å²) in [7, 11) is 0. The maximum absolute atomic E-state index is 12.8. The largest absolute Gasteiger partial charge is 0.433 e. The van der Waals surface area contributed by atoms with Crippen molar-refractivity contribution in [3.8, 4) is 0 Å². The molecule has 10 heteroatoms. The van der Waals surface area contributed by atoms with E-state index in [0.29, 0.717) is 23.2 Å². The quantitative estimate of drug-likeness (QED) is 0.100. The van der Waals surface area contributed by atoms with Crippen LogP contribution in [-0.2, 0) is 33.7 Å². The molecule has 0 saturated heterocycles. The monoisotopic (exact) mass is 549 g/mol. The summed E-state index contributed by atoms with van der Waals surface area (Å²) in [4.78, 5) is 43.1. The molecule has 7 nitrogen and oxygen atoms in total. The smallest absolute Gasteiger partial charge is 0.361 e. The molecule has 0 aliphatic heterocycles. The van der Waals surface area contributed by atoms with E-state index in [-0.39, 0.29) is 25.3 Å². The molecule has 2 aromatic rings. The summed E-state index contributed by atoms with van der Waals surface area (Å²) in [5, 5.41) is 4.06. The molecular formula is C29H38F3N3O4. The molecule has 0 spiro atoms. The van der Waals surface area contributed by atoms with E-state index in [1.54, 1.807) is 24.3 Å². The lowest BCUT2D eigenvalue weighted by Gasteiger charge is -2.20. The van der Waals surface area contributed by atoms with Crippen LogP contribution in [0.3, 0.4) is 0 Å². The third kappa shape index (κ3) is 12.9. The first-order chi connectivity index (χ1) is 18.7. The summed E-state index contributed by atoms with van der Waals surface area (Å²) in [6.45, 7) is 2.78. The second-order valence-electron chi connectivity index (χ2n) is 9.51. The van der Waals surface area contributed by atoms with Gasteiger partial charge in [0.2, 0.25) is 6.29 Å². The Balaban J connectivity index is 1.79. The number of hydroxylamine groups is 2. The molecule has 39 heavy (non-hydrogen) atoms. The number of unbranched alkanes of at least 4 members (excludes halogenated alkanes) is 9. The van der Waals surface area contributed by atoms with Crippen molar-refractivity contribution in [2.45, 2.75) is 90.4 Å². The highest BCUT2D eigenvalue weighted by Crippen LogP contribution is 2.27. The number of carbonyl (C=O) groups is 3. The summed E-state index contributed by atoms with van der Waals surface area (Å²) in [5.41, 5.74) is 0.461. The second kappa shape index (κ2) is 17.3. The SMILES string of the molecule is CCCCCCCCCCCCNC(=O)c1ccc(CN(Cc2ccc(C(F)(F)F)nc2)OC(=O)C=O)cc1. The molecule has 1 aromatic heterocycles. The normalized spacial score (nSPS) is 11.4. The van der Waals surface area contributed by atoms with Gasteiger partial charge in [-0.2, -0.15) is 13.2 Å². The number of carbonyl (C=O) groups excluding carboxylic acids is 3. The Morgan fingerprint density at radius 1 is 0.872 bits per heavy atom. The van der Waals surface area contributed by atoms with E-state index >= 15 is 0 Å². The van der Waals surface area contributed by atoms with Crippen molar-refractivity contribution in [1.29, 1.82) is 0 Å². The van der Waals surface area contributed by atoms with Crippen molar-refractivity contribution in [2.24, 2.45) is 0 Å². The van der Waals surface area contributed by atoms with Crippen molar-refractivity contribution >= 4 is 18.2 Å². The average molecular weight is 550 g/mol. The minimum absolute atomic E-state index is 0.0000859. The van der Waals surface area contributed by atoms with Gasteiger partial charge in [-0.3, -0.25) is 14.6 Å². The van der Waals surface area contributed by atoms with Crippen molar-refractivity contribution < 1.29 is 32.4 Å². The molecule has 0 fully saturated rings. The highest BCUT2D eigenvalue weighted by atomic mass is 19.4. The lowest BCUT2D eigenvalue weighted by Crippen LogP contribution is -2.27. The molecule has 214 valence electrons. The maximum Gasteiger partial charge on any atom is 0.433 e. The van der Waals surface area contributed by atoms with Crippen LogP contribution in [0.1, 0.15) is 98.3 Å². The van der Waals surface area contributed by atoms with Crippen molar-refractivity contribution in [1.82, 2.24) is 15.4 Å². The number of aldehydes is 1. The predicted octanol–water partition coefficient (Wildman–Crippen LogP) is 6.41. The summed E-state index contributed by atoms with van der Waals surface area (Å²) in [5.74, 6) is -1.32. The van der Waals surface area contributed by atoms with Gasteiger partial charge in [0.15, 0.2) is 0 Å². The third-order valence-electron chi connectivity index (χ3n) is 6.18. The Bertz CT molecular complexity index is 1010. The van der Waals surface area contributed by atoms with Gasteiger partial charge >= 0.3 is 12.1 Å². The summed E-state index contributed by atoms with van der Waals surface area (Å²) in [6.07, 6.45) is 8.69. The molecule has 0 radical (unpaired) electrons. The number of hydrogen-bond donors (Lipinski definition) is 1. The van der Waals surface area contributed by atoms with E-state index in [1.807, 2.05) is 0 Å². The fourth-order valence-corrected chi connectivity index (χ4v) is 4.04. The van der Waals surface area contributed by atoms with Gasteiger partial charge in [0.1, 0.15) is 5.69 Å². The van der Waals surface area contributed by atoms with Gasteiger partial charge in [0, 0.05) is 18.3 Å². The zero-order valence-corrected chi connectivity index (χ0v) is 22.5. The van der Waals surface area contributed by atoms with Crippen molar-refractivity contribution in [3.63, 3.8) is 0 Å². The molecule has 0 aliphatic rings. The molecule has 1 N–H and O–H groups in total. The van der Waals surface area contributed by atoms with Crippen LogP contribution in [0.15, 0.2) is 42.6 Å². The van der Waals surface area contributed by atoms with Gasteiger partial charge in [0.25, 0.3) is 5.91 Å². The number of pyridine rings is 1. The van der Waals surface area contributed by atoms with Crippen LogP contribution in [0.25, 0.3) is 0 Å². The van der Waals surface area contributed by atoms with Gasteiger partial charge in [-0.25, -0.2) is 4.79 Å². The van der Waals surface area contributed by atoms with E-state index in [1.165, 1.54) is 57.4 Å². The van der Waals surface area contributed by atoms with Crippen LogP contribution < -0.4 is 5.32 Å². The van der Waals surface area contributed by atoms with E-state index in [2.05, 4.69) is 17.2 Å². The molecule has 1 heterocycles. The first kappa shape index (κ1) is 31.9. The number of aromatic nitrogens is 1. The van der Waals surface area contributed by atoms with Crippen LogP contribution in [-0.4, -0.2) is 34.8 Å². The van der Waals surface area contributed by atoms with Crippen LogP contribution in [0.2, 0.25) is 0 Å². The fraction of sp³-hybridized carbons (Fsp3) is 0.517. The van der Waals surface area contributed by atoms with E-state index < -0.39 is 17.8 Å². The van der Waals surface area contributed by atoms with Gasteiger partial charge in [0.05, 0.1) is 13.1 Å². The van der Waals surface area contributed by atoms with Crippen molar-refractivity contribution in [2.75, 3.05) is 6.54 Å². The molecular weight excluding hydrogens is 511 g/mol. The molecule has 2 rings (SSSR count). The number of benzene rings is 1. The van der Waals surface area contributed by atoms with Crippen LogP contribution in [0.4, 0.5) is 13.2 Å². The fourth-order valence-electron chi connectivity index (χ4n) is 4.04.